The Morgan fingerprint density at radius 2 is 1.86 bits per heavy atom. The fraction of sp³-hybridized carbons (Fsp3) is 0.143. The molecule has 108 valence electrons. The third-order valence-corrected chi connectivity index (χ3v) is 3.56. The van der Waals surface area contributed by atoms with Crippen molar-refractivity contribution in [1.82, 2.24) is 9.97 Å². The Labute approximate surface area is 125 Å². The molecule has 1 aromatic carbocycles. The van der Waals surface area contributed by atoms with Gasteiger partial charge >= 0.3 is 5.97 Å². The number of carbonyl (C=O) groups excluding carboxylic acids is 1. The Bertz CT molecular complexity index is 659. The van der Waals surface area contributed by atoms with Crippen molar-refractivity contribution in [2.75, 3.05) is 11.1 Å². The first-order chi connectivity index (χ1) is 10.1. The number of benzene rings is 1. The number of aromatic nitrogens is 2. The van der Waals surface area contributed by atoms with Crippen molar-refractivity contribution in [2.24, 2.45) is 0 Å². The number of thioether (sulfide) groups is 1. The van der Waals surface area contributed by atoms with Crippen molar-refractivity contribution in [2.45, 2.75) is 11.8 Å². The molecule has 0 atom stereocenters. The number of hydrogen-bond donors (Lipinski definition) is 2. The van der Waals surface area contributed by atoms with Gasteiger partial charge in [0.2, 0.25) is 5.91 Å². The number of aromatic carboxylic acids is 1. The summed E-state index contributed by atoms with van der Waals surface area (Å²) in [6.45, 7) is 1.99. The molecule has 0 spiro atoms. The van der Waals surface area contributed by atoms with E-state index in [1.54, 1.807) is 0 Å². The molecule has 0 saturated heterocycles. The maximum absolute atomic E-state index is 11.8. The van der Waals surface area contributed by atoms with E-state index < -0.39 is 5.97 Å². The highest BCUT2D eigenvalue weighted by molar-refractivity contribution is 8.00. The second kappa shape index (κ2) is 6.85. The van der Waals surface area contributed by atoms with Gasteiger partial charge in [0.05, 0.1) is 5.75 Å². The molecule has 2 rings (SSSR count). The number of anilines is 1. The lowest BCUT2D eigenvalue weighted by atomic mass is 10.2. The van der Waals surface area contributed by atoms with Crippen LogP contribution in [0.5, 0.6) is 0 Å². The van der Waals surface area contributed by atoms with Crippen LogP contribution in [0.3, 0.4) is 0 Å². The Morgan fingerprint density at radius 1 is 1.19 bits per heavy atom. The van der Waals surface area contributed by atoms with Gasteiger partial charge in [-0.2, -0.15) is 0 Å². The molecule has 6 nitrogen and oxygen atoms in total. The van der Waals surface area contributed by atoms with E-state index in [1.807, 2.05) is 31.2 Å². The quantitative estimate of drug-likeness (QED) is 0.823. The van der Waals surface area contributed by atoms with Gasteiger partial charge < -0.3 is 10.4 Å². The average molecular weight is 303 g/mol. The number of nitrogens with zero attached hydrogens (tertiary/aromatic N) is 2. The SMILES string of the molecule is Cc1ccc(SCC(=O)Nc2nccnc2C(=O)O)cc1. The summed E-state index contributed by atoms with van der Waals surface area (Å²) < 4.78 is 0. The van der Waals surface area contributed by atoms with Gasteiger partial charge in [0.15, 0.2) is 11.5 Å². The molecule has 2 N–H and O–H groups in total. The molecule has 0 aliphatic carbocycles. The number of aryl methyl sites for hydroxylation is 1. The number of carbonyl (C=O) groups is 2. The smallest absolute Gasteiger partial charge is 0.358 e. The van der Waals surface area contributed by atoms with Gasteiger partial charge in [-0.15, -0.1) is 11.8 Å². The monoisotopic (exact) mass is 303 g/mol. The number of hydrogen-bond acceptors (Lipinski definition) is 5. The highest BCUT2D eigenvalue weighted by atomic mass is 32.2. The molecule has 0 fully saturated rings. The van der Waals surface area contributed by atoms with Gasteiger partial charge in [-0.3, -0.25) is 4.79 Å². The van der Waals surface area contributed by atoms with Crippen LogP contribution in [0, 0.1) is 6.92 Å². The van der Waals surface area contributed by atoms with Gasteiger partial charge in [-0.1, -0.05) is 17.7 Å². The summed E-state index contributed by atoms with van der Waals surface area (Å²) in [7, 11) is 0. The van der Waals surface area contributed by atoms with Crippen molar-refractivity contribution < 1.29 is 14.7 Å². The van der Waals surface area contributed by atoms with Crippen LogP contribution in [0.2, 0.25) is 0 Å². The molecule has 0 saturated carbocycles. The van der Waals surface area contributed by atoms with Crippen LogP contribution in [0.15, 0.2) is 41.6 Å². The van der Waals surface area contributed by atoms with E-state index in [0.717, 1.165) is 10.5 Å². The summed E-state index contributed by atoms with van der Waals surface area (Å²) in [4.78, 5) is 31.3. The fourth-order valence-electron chi connectivity index (χ4n) is 1.54. The van der Waals surface area contributed by atoms with Crippen LogP contribution in [0.25, 0.3) is 0 Å². The van der Waals surface area contributed by atoms with Crippen LogP contribution >= 0.6 is 11.8 Å². The first-order valence-corrected chi connectivity index (χ1v) is 7.08. The highest BCUT2D eigenvalue weighted by Crippen LogP contribution is 2.18. The lowest BCUT2D eigenvalue weighted by molar-refractivity contribution is -0.113. The molecule has 0 radical (unpaired) electrons. The Hall–Kier alpha value is -2.41. The zero-order valence-corrected chi connectivity index (χ0v) is 12.1. The molecule has 1 heterocycles. The second-order valence-electron chi connectivity index (χ2n) is 4.21. The molecule has 7 heteroatoms. The summed E-state index contributed by atoms with van der Waals surface area (Å²) >= 11 is 1.36. The van der Waals surface area contributed by atoms with Crippen LogP contribution < -0.4 is 5.32 Å². The topological polar surface area (TPSA) is 92.2 Å². The van der Waals surface area contributed by atoms with Crippen molar-refractivity contribution in [3.8, 4) is 0 Å². The Kier molecular flexibility index (Phi) is 4.89. The maximum Gasteiger partial charge on any atom is 0.358 e. The molecule has 0 bridgehead atoms. The highest BCUT2D eigenvalue weighted by Gasteiger charge is 2.14. The Morgan fingerprint density at radius 3 is 2.52 bits per heavy atom. The summed E-state index contributed by atoms with van der Waals surface area (Å²) in [6.07, 6.45) is 2.59. The zero-order valence-electron chi connectivity index (χ0n) is 11.2. The van der Waals surface area contributed by atoms with Crippen molar-refractivity contribution in [3.05, 3.63) is 47.9 Å². The van der Waals surface area contributed by atoms with Crippen molar-refractivity contribution in [1.29, 1.82) is 0 Å². The third-order valence-electron chi connectivity index (χ3n) is 2.55. The minimum atomic E-state index is -1.23. The maximum atomic E-state index is 11.8. The normalized spacial score (nSPS) is 10.1. The fourth-order valence-corrected chi connectivity index (χ4v) is 2.24. The predicted octanol–water partition coefficient (Wildman–Crippen LogP) is 2.21. The minimum absolute atomic E-state index is 0.0421. The summed E-state index contributed by atoms with van der Waals surface area (Å²) in [5.74, 6) is -1.44. The van der Waals surface area contributed by atoms with E-state index in [-0.39, 0.29) is 23.2 Å². The molecule has 1 amide bonds. The summed E-state index contributed by atoms with van der Waals surface area (Å²) in [5.41, 5.74) is 0.876. The first-order valence-electron chi connectivity index (χ1n) is 6.10. The first kappa shape index (κ1) is 15.0. The lowest BCUT2D eigenvalue weighted by Gasteiger charge is -2.06. The van der Waals surface area contributed by atoms with E-state index in [2.05, 4.69) is 15.3 Å². The largest absolute Gasteiger partial charge is 0.476 e. The molecule has 2 aromatic rings. The van der Waals surface area contributed by atoms with Crippen molar-refractivity contribution >= 4 is 29.5 Å². The van der Waals surface area contributed by atoms with Gasteiger partial charge in [0, 0.05) is 17.3 Å². The second-order valence-corrected chi connectivity index (χ2v) is 5.26. The minimum Gasteiger partial charge on any atom is -0.476 e. The molecule has 0 aliphatic rings. The van der Waals surface area contributed by atoms with Crippen LogP contribution in [0.1, 0.15) is 16.1 Å². The number of carboxylic acid groups (broad SMARTS) is 1. The van der Waals surface area contributed by atoms with Gasteiger partial charge in [0.25, 0.3) is 0 Å². The standard InChI is InChI=1S/C14H13N3O3S/c1-9-2-4-10(5-3-9)21-8-11(18)17-13-12(14(19)20)15-6-7-16-13/h2-7H,8H2,1H3,(H,19,20)(H,16,17,18). The van der Waals surface area contributed by atoms with E-state index in [1.165, 1.54) is 24.2 Å². The zero-order chi connectivity index (χ0) is 15.2. The van der Waals surface area contributed by atoms with Gasteiger partial charge in [0.1, 0.15) is 0 Å². The molecule has 21 heavy (non-hydrogen) atoms. The molecule has 1 aromatic heterocycles. The molecular formula is C14H13N3O3S. The Balaban J connectivity index is 1.96. The lowest BCUT2D eigenvalue weighted by Crippen LogP contribution is -2.18. The van der Waals surface area contributed by atoms with Gasteiger partial charge in [-0.25, -0.2) is 14.8 Å². The van der Waals surface area contributed by atoms with E-state index in [9.17, 15) is 9.59 Å². The van der Waals surface area contributed by atoms with E-state index >= 15 is 0 Å². The molecule has 0 unspecified atom stereocenters. The number of nitrogens with one attached hydrogen (secondary N) is 1. The average Bonchev–Trinajstić information content (AvgIpc) is 2.47. The van der Waals surface area contributed by atoms with Crippen LogP contribution in [-0.4, -0.2) is 32.7 Å². The number of carboxylic acids is 1. The van der Waals surface area contributed by atoms with Gasteiger partial charge in [-0.05, 0) is 19.1 Å². The van der Waals surface area contributed by atoms with Crippen LogP contribution in [0.4, 0.5) is 5.82 Å². The number of amides is 1. The van der Waals surface area contributed by atoms with E-state index in [4.69, 9.17) is 5.11 Å². The van der Waals surface area contributed by atoms with Crippen LogP contribution in [-0.2, 0) is 4.79 Å². The third kappa shape index (κ3) is 4.28. The summed E-state index contributed by atoms with van der Waals surface area (Å²) in [5, 5.41) is 11.4. The summed E-state index contributed by atoms with van der Waals surface area (Å²) in [6, 6.07) is 7.79. The van der Waals surface area contributed by atoms with E-state index in [0.29, 0.717) is 0 Å². The molecular weight excluding hydrogens is 290 g/mol. The number of rotatable bonds is 5. The van der Waals surface area contributed by atoms with Crippen molar-refractivity contribution in [3.63, 3.8) is 0 Å². The molecule has 0 aliphatic heterocycles. The predicted molar refractivity (Wildman–Crippen MR) is 79.5 cm³/mol.